The van der Waals surface area contributed by atoms with Gasteiger partial charge in [0.15, 0.2) is 0 Å². The van der Waals surface area contributed by atoms with E-state index in [1.807, 2.05) is 41.1 Å². The highest BCUT2D eigenvalue weighted by atomic mass is 35.5. The van der Waals surface area contributed by atoms with E-state index in [2.05, 4.69) is 0 Å². The summed E-state index contributed by atoms with van der Waals surface area (Å²) < 4.78 is 5.98. The fourth-order valence-corrected chi connectivity index (χ4v) is 4.48. The molecule has 4 aromatic rings. The third kappa shape index (κ3) is 3.81. The van der Waals surface area contributed by atoms with Crippen LogP contribution in [0.4, 0.5) is 0 Å². The molecule has 7 heteroatoms. The summed E-state index contributed by atoms with van der Waals surface area (Å²) in [4.78, 5) is 12.0. The van der Waals surface area contributed by atoms with Crippen LogP contribution in [0.25, 0.3) is 21.9 Å². The Morgan fingerprint density at radius 1 is 1.00 bits per heavy atom. The molecule has 0 unspecified atom stereocenters. The van der Waals surface area contributed by atoms with Gasteiger partial charge < -0.3 is 9.84 Å². The van der Waals surface area contributed by atoms with E-state index in [-0.39, 0.29) is 22.9 Å². The van der Waals surface area contributed by atoms with E-state index in [9.17, 15) is 9.90 Å². The number of hydrogen-bond donors (Lipinski definition) is 1. The molecule has 1 heterocycles. The number of hydrogen-bond acceptors (Lipinski definition) is 3. The number of thiophene rings is 1. The second-order valence-corrected chi connectivity index (χ2v) is 8.25. The smallest absolute Gasteiger partial charge is 0.339 e. The first-order valence-electron chi connectivity index (χ1n) is 8.54. The molecule has 0 radical (unpaired) electrons. The fourth-order valence-electron chi connectivity index (χ4n) is 3.17. The lowest BCUT2D eigenvalue weighted by Gasteiger charge is -2.16. The van der Waals surface area contributed by atoms with Gasteiger partial charge in [0.05, 0.1) is 10.0 Å². The van der Waals surface area contributed by atoms with Gasteiger partial charge in [-0.05, 0) is 51.5 Å². The highest BCUT2D eigenvalue weighted by molar-refractivity contribution is 7.08. The molecule has 146 valence electrons. The Labute approximate surface area is 186 Å². The minimum atomic E-state index is -1.08. The lowest BCUT2D eigenvalue weighted by Crippen LogP contribution is -2.06. The average Bonchev–Trinajstić information content (AvgIpc) is 3.25. The number of halogens is 3. The third-order valence-electron chi connectivity index (χ3n) is 4.56. The van der Waals surface area contributed by atoms with Crippen molar-refractivity contribution in [3.8, 4) is 16.9 Å². The zero-order valence-corrected chi connectivity index (χ0v) is 17.9. The Balaban J connectivity index is 1.87. The highest BCUT2D eigenvalue weighted by Crippen LogP contribution is 2.40. The van der Waals surface area contributed by atoms with Crippen LogP contribution in [-0.4, -0.2) is 11.1 Å². The molecule has 0 bridgehead atoms. The van der Waals surface area contributed by atoms with Crippen molar-refractivity contribution in [3.63, 3.8) is 0 Å². The predicted octanol–water partition coefficient (Wildman–Crippen LogP) is 7.81. The zero-order valence-electron chi connectivity index (χ0n) is 14.8. The van der Waals surface area contributed by atoms with Crippen LogP contribution in [0.1, 0.15) is 15.9 Å². The van der Waals surface area contributed by atoms with Gasteiger partial charge in [0.1, 0.15) is 17.9 Å². The minimum absolute atomic E-state index is 0.0136. The summed E-state index contributed by atoms with van der Waals surface area (Å²) in [7, 11) is 0. The Bertz CT molecular complexity index is 1220. The summed E-state index contributed by atoms with van der Waals surface area (Å²) in [6.45, 7) is -0.0136. The summed E-state index contributed by atoms with van der Waals surface area (Å²) >= 11 is 20.1. The van der Waals surface area contributed by atoms with Crippen LogP contribution in [-0.2, 0) is 6.61 Å². The van der Waals surface area contributed by atoms with Crippen LogP contribution in [0.3, 0.4) is 0 Å². The van der Waals surface area contributed by atoms with Gasteiger partial charge >= 0.3 is 5.97 Å². The summed E-state index contributed by atoms with van der Waals surface area (Å²) in [5.41, 5.74) is 2.37. The summed E-state index contributed by atoms with van der Waals surface area (Å²) in [6.07, 6.45) is 0. The van der Waals surface area contributed by atoms with Crippen molar-refractivity contribution in [1.29, 1.82) is 0 Å². The summed E-state index contributed by atoms with van der Waals surface area (Å²) in [5.74, 6) is -0.815. The Hall–Kier alpha value is -2.24. The van der Waals surface area contributed by atoms with Crippen molar-refractivity contribution in [2.24, 2.45) is 0 Å². The first-order valence-corrected chi connectivity index (χ1v) is 10.6. The SMILES string of the molecule is O=C(O)c1cc(-c2ccsc2)c2ccccc2c1OCc1c(Cl)ccc(Cl)c1Cl. The van der Waals surface area contributed by atoms with Gasteiger partial charge in [-0.3, -0.25) is 0 Å². The van der Waals surface area contributed by atoms with Gasteiger partial charge in [-0.25, -0.2) is 4.79 Å². The van der Waals surface area contributed by atoms with Crippen molar-refractivity contribution >= 4 is 62.9 Å². The first-order chi connectivity index (χ1) is 14.0. The van der Waals surface area contributed by atoms with Crippen LogP contribution in [0.15, 0.2) is 59.3 Å². The summed E-state index contributed by atoms with van der Waals surface area (Å²) in [6, 6.07) is 14.4. The molecule has 3 aromatic carbocycles. The van der Waals surface area contributed by atoms with E-state index in [0.29, 0.717) is 21.0 Å². The number of carboxylic acid groups (broad SMARTS) is 1. The van der Waals surface area contributed by atoms with Crippen LogP contribution in [0, 0.1) is 0 Å². The molecule has 4 rings (SSSR count). The number of carbonyl (C=O) groups is 1. The molecule has 0 amide bonds. The van der Waals surface area contributed by atoms with E-state index in [1.54, 1.807) is 29.5 Å². The van der Waals surface area contributed by atoms with Gasteiger partial charge in [0, 0.05) is 16.0 Å². The van der Waals surface area contributed by atoms with Crippen LogP contribution >= 0.6 is 46.1 Å². The molecule has 0 atom stereocenters. The van der Waals surface area contributed by atoms with Gasteiger partial charge in [-0.15, -0.1) is 0 Å². The van der Waals surface area contributed by atoms with Crippen molar-refractivity contribution in [2.75, 3.05) is 0 Å². The second kappa shape index (κ2) is 8.25. The minimum Gasteiger partial charge on any atom is -0.487 e. The molecule has 0 aliphatic heterocycles. The monoisotopic (exact) mass is 462 g/mol. The molecular formula is C22H13Cl3O3S. The Kier molecular flexibility index (Phi) is 5.70. The molecule has 3 nitrogen and oxygen atoms in total. The lowest BCUT2D eigenvalue weighted by atomic mass is 9.96. The molecule has 1 N–H and O–H groups in total. The van der Waals surface area contributed by atoms with Gasteiger partial charge in [0.2, 0.25) is 0 Å². The van der Waals surface area contributed by atoms with E-state index in [0.717, 1.165) is 16.5 Å². The first kappa shape index (κ1) is 20.0. The standard InChI is InChI=1S/C22H13Cl3O3S/c23-18-5-6-19(24)20(25)17(18)10-28-21-14-4-2-1-3-13(14)15(9-16(21)22(26)27)12-7-8-29-11-12/h1-9,11H,10H2,(H,26,27). The largest absolute Gasteiger partial charge is 0.487 e. The Morgan fingerprint density at radius 3 is 2.41 bits per heavy atom. The highest BCUT2D eigenvalue weighted by Gasteiger charge is 2.20. The second-order valence-electron chi connectivity index (χ2n) is 6.27. The molecular weight excluding hydrogens is 451 g/mol. The number of ether oxygens (including phenoxy) is 1. The molecule has 0 saturated carbocycles. The van der Waals surface area contributed by atoms with Crippen LogP contribution in [0.2, 0.25) is 15.1 Å². The average molecular weight is 464 g/mol. The van der Waals surface area contributed by atoms with E-state index >= 15 is 0 Å². The van der Waals surface area contributed by atoms with Gasteiger partial charge in [0.25, 0.3) is 0 Å². The van der Waals surface area contributed by atoms with E-state index in [1.165, 1.54) is 0 Å². The number of aromatic carboxylic acids is 1. The van der Waals surface area contributed by atoms with Crippen molar-refractivity contribution in [3.05, 3.63) is 85.5 Å². The zero-order chi connectivity index (χ0) is 20.5. The van der Waals surface area contributed by atoms with Gasteiger partial charge in [-0.1, -0.05) is 59.1 Å². The van der Waals surface area contributed by atoms with Crippen LogP contribution in [0.5, 0.6) is 5.75 Å². The third-order valence-corrected chi connectivity index (χ3v) is 6.44. The quantitative estimate of drug-likeness (QED) is 0.307. The Morgan fingerprint density at radius 2 is 1.72 bits per heavy atom. The maximum Gasteiger partial charge on any atom is 0.339 e. The molecule has 0 fully saturated rings. The van der Waals surface area contributed by atoms with Crippen molar-refractivity contribution < 1.29 is 14.6 Å². The molecule has 0 saturated heterocycles. The van der Waals surface area contributed by atoms with Crippen LogP contribution < -0.4 is 4.74 Å². The fraction of sp³-hybridized carbons (Fsp3) is 0.0455. The maximum absolute atomic E-state index is 12.0. The molecule has 0 spiro atoms. The number of carboxylic acids is 1. The van der Waals surface area contributed by atoms with E-state index < -0.39 is 5.97 Å². The predicted molar refractivity (Wildman–Crippen MR) is 120 cm³/mol. The molecule has 0 aliphatic carbocycles. The topological polar surface area (TPSA) is 46.5 Å². The molecule has 0 aliphatic rings. The molecule has 29 heavy (non-hydrogen) atoms. The number of fused-ring (bicyclic) bond motifs is 1. The molecule has 1 aromatic heterocycles. The number of benzene rings is 3. The van der Waals surface area contributed by atoms with E-state index in [4.69, 9.17) is 39.5 Å². The van der Waals surface area contributed by atoms with Gasteiger partial charge in [-0.2, -0.15) is 11.3 Å². The number of rotatable bonds is 5. The van der Waals surface area contributed by atoms with Crippen molar-refractivity contribution in [2.45, 2.75) is 6.61 Å². The lowest BCUT2D eigenvalue weighted by molar-refractivity contribution is 0.0692. The van der Waals surface area contributed by atoms with Crippen molar-refractivity contribution in [1.82, 2.24) is 0 Å². The summed E-state index contributed by atoms with van der Waals surface area (Å²) in [5, 5.41) is 16.4. The maximum atomic E-state index is 12.0. The normalized spacial score (nSPS) is 11.0.